The van der Waals surface area contributed by atoms with Gasteiger partial charge < -0.3 is 9.47 Å². The van der Waals surface area contributed by atoms with E-state index in [1.165, 1.54) is 20.3 Å². The monoisotopic (exact) mass is 238 g/mol. The zero-order valence-corrected chi connectivity index (χ0v) is 9.80. The molecule has 84 valence electrons. The number of hydrogen-bond donors (Lipinski definition) is 0. The molecule has 0 aliphatic rings. The molecule has 0 atom stereocenters. The summed E-state index contributed by atoms with van der Waals surface area (Å²) < 4.78 is 10.1. The Balaban J connectivity index is 3.21. The van der Waals surface area contributed by atoms with Gasteiger partial charge in [-0.15, -0.1) is 6.42 Å². The molecule has 0 aliphatic carbocycles. The lowest BCUT2D eigenvalue weighted by Crippen LogP contribution is -2.00. The Morgan fingerprint density at radius 3 is 2.62 bits per heavy atom. The van der Waals surface area contributed by atoms with Crippen molar-refractivity contribution in [2.24, 2.45) is 0 Å². The van der Waals surface area contributed by atoms with Crippen molar-refractivity contribution in [3.63, 3.8) is 0 Å². The molecule has 1 rings (SSSR count). The van der Waals surface area contributed by atoms with E-state index in [4.69, 9.17) is 27.5 Å². The van der Waals surface area contributed by atoms with Gasteiger partial charge in [0.15, 0.2) is 17.3 Å². The zero-order valence-electron chi connectivity index (χ0n) is 9.04. The quantitative estimate of drug-likeness (QED) is 0.597. The predicted octanol–water partition coefficient (Wildman–Crippen LogP) is 2.56. The molecule has 0 bridgehead atoms. The highest BCUT2D eigenvalue weighted by atomic mass is 35.5. The summed E-state index contributed by atoms with van der Waals surface area (Å²) in [4.78, 5) is 11.6. The number of terminal acetylenes is 1. The Bertz CT molecular complexity index is 446. The van der Waals surface area contributed by atoms with Gasteiger partial charge in [-0.2, -0.15) is 0 Å². The fraction of sp³-hybridized carbons (Fsp3) is 0.250. The third kappa shape index (κ3) is 2.47. The average Bonchev–Trinajstić information content (AvgIpc) is 2.28. The van der Waals surface area contributed by atoms with Gasteiger partial charge in [-0.25, -0.2) is 0 Å². The molecule has 0 aromatic heterocycles. The van der Waals surface area contributed by atoms with Crippen molar-refractivity contribution < 1.29 is 14.3 Å². The predicted molar refractivity (Wildman–Crippen MR) is 62.3 cm³/mol. The maximum absolute atomic E-state index is 11.6. The first kappa shape index (κ1) is 12.4. The van der Waals surface area contributed by atoms with Gasteiger partial charge in [0.05, 0.1) is 25.7 Å². The molecule has 0 saturated heterocycles. The summed E-state index contributed by atoms with van der Waals surface area (Å²) >= 11 is 5.95. The molecule has 0 amide bonds. The second kappa shape index (κ2) is 5.43. The Kier molecular flexibility index (Phi) is 4.21. The number of halogens is 1. The van der Waals surface area contributed by atoms with Crippen molar-refractivity contribution in [2.75, 3.05) is 14.2 Å². The molecule has 1 aromatic carbocycles. The number of carbonyl (C=O) groups excluding carboxylic acids is 1. The SMILES string of the molecule is C#CCC(=O)c1cc(Cl)c(OC)c(OC)c1. The summed E-state index contributed by atoms with van der Waals surface area (Å²) in [6.45, 7) is 0. The number of rotatable bonds is 4. The van der Waals surface area contributed by atoms with Crippen molar-refractivity contribution in [1.29, 1.82) is 0 Å². The maximum atomic E-state index is 11.6. The van der Waals surface area contributed by atoms with Crippen molar-refractivity contribution in [3.8, 4) is 23.8 Å². The lowest BCUT2D eigenvalue weighted by molar-refractivity contribution is 0.0998. The normalized spacial score (nSPS) is 9.38. The highest BCUT2D eigenvalue weighted by Crippen LogP contribution is 2.36. The lowest BCUT2D eigenvalue weighted by atomic mass is 10.1. The second-order valence-corrected chi connectivity index (χ2v) is 3.40. The third-order valence-electron chi connectivity index (χ3n) is 2.02. The Morgan fingerprint density at radius 2 is 2.12 bits per heavy atom. The van der Waals surface area contributed by atoms with Gasteiger partial charge in [-0.05, 0) is 12.1 Å². The van der Waals surface area contributed by atoms with Crippen molar-refractivity contribution >= 4 is 17.4 Å². The fourth-order valence-electron chi connectivity index (χ4n) is 1.27. The molecule has 4 heteroatoms. The molecule has 0 aliphatic heterocycles. The second-order valence-electron chi connectivity index (χ2n) is 3.00. The summed E-state index contributed by atoms with van der Waals surface area (Å²) in [5, 5.41) is 0.322. The largest absolute Gasteiger partial charge is 0.493 e. The van der Waals surface area contributed by atoms with Crippen LogP contribution in [0.15, 0.2) is 12.1 Å². The van der Waals surface area contributed by atoms with Gasteiger partial charge in [0.2, 0.25) is 0 Å². The van der Waals surface area contributed by atoms with Crippen LogP contribution in [0.2, 0.25) is 5.02 Å². The van der Waals surface area contributed by atoms with Gasteiger partial charge in [0.1, 0.15) is 0 Å². The smallest absolute Gasteiger partial charge is 0.179 e. The molecular formula is C12H11ClO3. The topological polar surface area (TPSA) is 35.5 Å². The van der Waals surface area contributed by atoms with Gasteiger partial charge in [0, 0.05) is 5.56 Å². The lowest BCUT2D eigenvalue weighted by Gasteiger charge is -2.10. The molecule has 0 unspecified atom stereocenters. The molecule has 1 aromatic rings. The Morgan fingerprint density at radius 1 is 1.44 bits per heavy atom. The van der Waals surface area contributed by atoms with Crippen LogP contribution in [0.1, 0.15) is 16.8 Å². The summed E-state index contributed by atoms with van der Waals surface area (Å²) in [5.41, 5.74) is 0.417. The van der Waals surface area contributed by atoms with Crippen LogP contribution in [0, 0.1) is 12.3 Å². The fourth-order valence-corrected chi connectivity index (χ4v) is 1.56. The molecule has 0 radical (unpaired) electrons. The number of benzene rings is 1. The van der Waals surface area contributed by atoms with Crippen molar-refractivity contribution in [3.05, 3.63) is 22.7 Å². The van der Waals surface area contributed by atoms with E-state index in [1.54, 1.807) is 6.07 Å². The molecule has 0 heterocycles. The minimum Gasteiger partial charge on any atom is -0.493 e. The first-order valence-electron chi connectivity index (χ1n) is 4.52. The van der Waals surface area contributed by atoms with Crippen LogP contribution in [0.5, 0.6) is 11.5 Å². The summed E-state index contributed by atoms with van der Waals surface area (Å²) in [6, 6.07) is 3.08. The summed E-state index contributed by atoms with van der Waals surface area (Å²) in [7, 11) is 2.95. The van der Waals surface area contributed by atoms with Crippen molar-refractivity contribution in [1.82, 2.24) is 0 Å². The van der Waals surface area contributed by atoms with E-state index in [1.807, 2.05) is 0 Å². The van der Waals surface area contributed by atoms with Crippen LogP contribution in [-0.2, 0) is 0 Å². The molecule has 3 nitrogen and oxygen atoms in total. The Labute approximate surface area is 99.3 Å². The standard InChI is InChI=1S/C12H11ClO3/c1-4-5-10(14)8-6-9(13)12(16-3)11(7-8)15-2/h1,6-7H,5H2,2-3H3. The molecular weight excluding hydrogens is 228 g/mol. The number of carbonyl (C=O) groups is 1. The van der Waals surface area contributed by atoms with Crippen LogP contribution in [0.25, 0.3) is 0 Å². The van der Waals surface area contributed by atoms with Gasteiger partial charge in [0.25, 0.3) is 0 Å². The summed E-state index contributed by atoms with van der Waals surface area (Å²) in [6.07, 6.45) is 5.11. The van der Waals surface area contributed by atoms with Crippen LogP contribution >= 0.6 is 11.6 Å². The van der Waals surface area contributed by atoms with E-state index in [9.17, 15) is 4.79 Å². The number of ether oxygens (including phenoxy) is 2. The minimum atomic E-state index is -0.176. The molecule has 0 fully saturated rings. The van der Waals surface area contributed by atoms with Crippen LogP contribution in [-0.4, -0.2) is 20.0 Å². The number of Topliss-reactive ketones (excluding diaryl/α,β-unsaturated/α-hetero) is 1. The van der Waals surface area contributed by atoms with Gasteiger partial charge >= 0.3 is 0 Å². The molecule has 0 spiro atoms. The van der Waals surface area contributed by atoms with E-state index >= 15 is 0 Å². The van der Waals surface area contributed by atoms with E-state index in [0.29, 0.717) is 22.1 Å². The van der Waals surface area contributed by atoms with Gasteiger partial charge in [-0.1, -0.05) is 17.5 Å². The third-order valence-corrected chi connectivity index (χ3v) is 2.30. The highest BCUT2D eigenvalue weighted by molar-refractivity contribution is 6.32. The molecule has 16 heavy (non-hydrogen) atoms. The van der Waals surface area contributed by atoms with Gasteiger partial charge in [-0.3, -0.25) is 4.79 Å². The Hall–Kier alpha value is -1.66. The first-order chi connectivity index (χ1) is 7.63. The van der Waals surface area contributed by atoms with E-state index < -0.39 is 0 Å². The summed E-state index contributed by atoms with van der Waals surface area (Å²) in [5.74, 6) is 2.93. The van der Waals surface area contributed by atoms with E-state index in [2.05, 4.69) is 5.92 Å². The molecule has 0 saturated carbocycles. The number of methoxy groups -OCH3 is 2. The van der Waals surface area contributed by atoms with E-state index in [0.717, 1.165) is 0 Å². The first-order valence-corrected chi connectivity index (χ1v) is 4.90. The van der Waals surface area contributed by atoms with Crippen LogP contribution in [0.3, 0.4) is 0 Å². The van der Waals surface area contributed by atoms with Crippen LogP contribution < -0.4 is 9.47 Å². The zero-order chi connectivity index (χ0) is 12.1. The average molecular weight is 239 g/mol. The highest BCUT2D eigenvalue weighted by Gasteiger charge is 2.14. The van der Waals surface area contributed by atoms with Crippen molar-refractivity contribution in [2.45, 2.75) is 6.42 Å². The maximum Gasteiger partial charge on any atom is 0.179 e. The van der Waals surface area contributed by atoms with E-state index in [-0.39, 0.29) is 12.2 Å². The minimum absolute atomic E-state index is 0.0335. The van der Waals surface area contributed by atoms with Crippen LogP contribution in [0.4, 0.5) is 0 Å². The molecule has 0 N–H and O–H groups in total. The number of ketones is 1. The number of hydrogen-bond acceptors (Lipinski definition) is 3.